The molecule has 1 heterocycles. The van der Waals surface area contributed by atoms with Crippen LogP contribution < -0.4 is 11.5 Å². The summed E-state index contributed by atoms with van der Waals surface area (Å²) >= 11 is 0. The number of nitrogens with zero attached hydrogens (tertiary/aromatic N) is 1. The summed E-state index contributed by atoms with van der Waals surface area (Å²) in [4.78, 5) is 23.4. The minimum Gasteiger partial charge on any atom is -0.368 e. The fraction of sp³-hybridized carbons (Fsp3) is 0.750. The molecular formula is C8H13F2N3O2. The molecule has 0 saturated carbocycles. The van der Waals surface area contributed by atoms with Crippen molar-refractivity contribution >= 4 is 11.8 Å². The largest absolute Gasteiger partial charge is 0.368 e. The van der Waals surface area contributed by atoms with Crippen molar-refractivity contribution in [3.05, 3.63) is 0 Å². The molecular weight excluding hydrogens is 208 g/mol. The van der Waals surface area contributed by atoms with Gasteiger partial charge in [0.15, 0.2) is 0 Å². The van der Waals surface area contributed by atoms with Crippen molar-refractivity contribution in [2.45, 2.75) is 31.4 Å². The predicted molar refractivity (Wildman–Crippen MR) is 47.9 cm³/mol. The van der Waals surface area contributed by atoms with E-state index in [0.717, 1.165) is 4.90 Å². The van der Waals surface area contributed by atoms with E-state index in [1.165, 1.54) is 0 Å². The van der Waals surface area contributed by atoms with E-state index in [-0.39, 0.29) is 0 Å². The van der Waals surface area contributed by atoms with Crippen LogP contribution in [0.1, 0.15) is 12.8 Å². The Kier molecular flexibility index (Phi) is 3.57. The second-order valence-electron chi connectivity index (χ2n) is 3.47. The number of hydrogen-bond donors (Lipinski definition) is 2. The fourth-order valence-corrected chi connectivity index (χ4v) is 1.45. The molecule has 0 aromatic carbocycles. The quantitative estimate of drug-likeness (QED) is 0.641. The number of primary amides is 1. The Morgan fingerprint density at radius 1 is 1.47 bits per heavy atom. The second kappa shape index (κ2) is 4.52. The topological polar surface area (TPSA) is 89.4 Å². The third-order valence-electron chi connectivity index (χ3n) is 2.38. The third kappa shape index (κ3) is 2.62. The molecule has 1 aliphatic heterocycles. The zero-order valence-corrected chi connectivity index (χ0v) is 8.03. The standard InChI is InChI=1S/C8H13F2N3O2/c9-6(10)3-4(11)8(15)13-2-1-5(13)7(12)14/h4-6H,1-3,11H2,(H2,12,14). The molecule has 15 heavy (non-hydrogen) atoms. The maximum atomic E-state index is 11.9. The number of amides is 2. The number of carbonyl (C=O) groups excluding carboxylic acids is 2. The van der Waals surface area contributed by atoms with Crippen molar-refractivity contribution in [3.8, 4) is 0 Å². The van der Waals surface area contributed by atoms with E-state index in [9.17, 15) is 18.4 Å². The number of rotatable bonds is 4. The van der Waals surface area contributed by atoms with Crippen molar-refractivity contribution in [1.29, 1.82) is 0 Å². The zero-order chi connectivity index (χ0) is 11.6. The summed E-state index contributed by atoms with van der Waals surface area (Å²) in [5.41, 5.74) is 10.3. The molecule has 0 spiro atoms. The van der Waals surface area contributed by atoms with Gasteiger partial charge in [-0.2, -0.15) is 0 Å². The van der Waals surface area contributed by atoms with Crippen LogP contribution in [0.25, 0.3) is 0 Å². The SMILES string of the molecule is NC(=O)C1CCN1C(=O)C(N)CC(F)F. The molecule has 1 rings (SSSR count). The van der Waals surface area contributed by atoms with Crippen molar-refractivity contribution in [3.63, 3.8) is 0 Å². The molecule has 0 aromatic rings. The Morgan fingerprint density at radius 3 is 2.40 bits per heavy atom. The van der Waals surface area contributed by atoms with Crippen LogP contribution in [0.3, 0.4) is 0 Å². The van der Waals surface area contributed by atoms with Gasteiger partial charge in [0.2, 0.25) is 18.2 Å². The number of likely N-dealkylation sites (tertiary alicyclic amines) is 1. The van der Waals surface area contributed by atoms with Crippen molar-refractivity contribution in [1.82, 2.24) is 4.90 Å². The van der Waals surface area contributed by atoms with E-state index in [4.69, 9.17) is 11.5 Å². The van der Waals surface area contributed by atoms with Gasteiger partial charge in [0.25, 0.3) is 0 Å². The Morgan fingerprint density at radius 2 is 2.07 bits per heavy atom. The molecule has 86 valence electrons. The molecule has 2 atom stereocenters. The van der Waals surface area contributed by atoms with Crippen LogP contribution in [-0.2, 0) is 9.59 Å². The van der Waals surface area contributed by atoms with E-state index in [0.29, 0.717) is 13.0 Å². The Hall–Kier alpha value is -1.24. The maximum Gasteiger partial charge on any atom is 0.240 e. The molecule has 0 radical (unpaired) electrons. The summed E-state index contributed by atoms with van der Waals surface area (Å²) in [6.45, 7) is 0.351. The molecule has 7 heteroatoms. The third-order valence-corrected chi connectivity index (χ3v) is 2.38. The first-order chi connectivity index (χ1) is 6.93. The van der Waals surface area contributed by atoms with E-state index in [2.05, 4.69) is 0 Å². The Balaban J connectivity index is 2.50. The monoisotopic (exact) mass is 221 g/mol. The number of carbonyl (C=O) groups is 2. The minimum absolute atomic E-state index is 0.351. The molecule has 1 saturated heterocycles. The highest BCUT2D eigenvalue weighted by Gasteiger charge is 2.38. The van der Waals surface area contributed by atoms with Crippen molar-refractivity contribution in [2.24, 2.45) is 11.5 Å². The predicted octanol–water partition coefficient (Wildman–Crippen LogP) is -0.945. The summed E-state index contributed by atoms with van der Waals surface area (Å²) in [5.74, 6) is -1.26. The van der Waals surface area contributed by atoms with Crippen LogP contribution >= 0.6 is 0 Å². The number of alkyl halides is 2. The molecule has 1 fully saturated rings. The maximum absolute atomic E-state index is 11.9. The van der Waals surface area contributed by atoms with Crippen LogP contribution in [-0.4, -0.2) is 41.8 Å². The molecule has 1 aliphatic rings. The van der Waals surface area contributed by atoms with Gasteiger partial charge in [0.05, 0.1) is 6.04 Å². The Labute approximate surface area is 85.4 Å². The van der Waals surface area contributed by atoms with Gasteiger partial charge < -0.3 is 16.4 Å². The number of halogens is 2. The molecule has 2 unspecified atom stereocenters. The summed E-state index contributed by atoms with van der Waals surface area (Å²) < 4.78 is 23.9. The lowest BCUT2D eigenvalue weighted by atomic mass is 10.0. The van der Waals surface area contributed by atoms with Gasteiger partial charge in [0.1, 0.15) is 6.04 Å². The first kappa shape index (κ1) is 11.8. The van der Waals surface area contributed by atoms with Crippen LogP contribution in [0.15, 0.2) is 0 Å². The normalized spacial score (nSPS) is 22.4. The first-order valence-corrected chi connectivity index (χ1v) is 4.57. The lowest BCUT2D eigenvalue weighted by Crippen LogP contribution is -2.61. The van der Waals surface area contributed by atoms with Gasteiger partial charge in [-0.05, 0) is 6.42 Å². The summed E-state index contributed by atoms with van der Waals surface area (Å²) in [6.07, 6.45) is -2.85. The number of nitrogens with two attached hydrogens (primary N) is 2. The van der Waals surface area contributed by atoms with Crippen LogP contribution in [0.4, 0.5) is 8.78 Å². The van der Waals surface area contributed by atoms with E-state index >= 15 is 0 Å². The smallest absolute Gasteiger partial charge is 0.240 e. The lowest BCUT2D eigenvalue weighted by Gasteiger charge is -2.40. The van der Waals surface area contributed by atoms with Crippen LogP contribution in [0.5, 0.6) is 0 Å². The van der Waals surface area contributed by atoms with Crippen LogP contribution in [0, 0.1) is 0 Å². The highest BCUT2D eigenvalue weighted by Crippen LogP contribution is 2.19. The van der Waals surface area contributed by atoms with E-state index in [1.807, 2.05) is 0 Å². The molecule has 2 amide bonds. The highest BCUT2D eigenvalue weighted by molar-refractivity contribution is 5.90. The fourth-order valence-electron chi connectivity index (χ4n) is 1.45. The molecule has 0 aliphatic carbocycles. The molecule has 0 bridgehead atoms. The average molecular weight is 221 g/mol. The van der Waals surface area contributed by atoms with Gasteiger partial charge in [-0.3, -0.25) is 9.59 Å². The minimum atomic E-state index is -2.63. The summed E-state index contributed by atoms with van der Waals surface area (Å²) in [7, 11) is 0. The van der Waals surface area contributed by atoms with Gasteiger partial charge >= 0.3 is 0 Å². The van der Waals surface area contributed by atoms with Crippen molar-refractivity contribution in [2.75, 3.05) is 6.54 Å². The van der Waals surface area contributed by atoms with Gasteiger partial charge in [-0.1, -0.05) is 0 Å². The molecule has 5 nitrogen and oxygen atoms in total. The molecule has 4 N–H and O–H groups in total. The summed E-state index contributed by atoms with van der Waals surface area (Å²) in [6, 6.07) is -1.94. The first-order valence-electron chi connectivity index (χ1n) is 4.57. The van der Waals surface area contributed by atoms with Crippen LogP contribution in [0.2, 0.25) is 0 Å². The lowest BCUT2D eigenvalue weighted by molar-refractivity contribution is -0.147. The molecule has 0 aromatic heterocycles. The van der Waals surface area contributed by atoms with E-state index in [1.54, 1.807) is 0 Å². The zero-order valence-electron chi connectivity index (χ0n) is 8.03. The average Bonchev–Trinajstić information content (AvgIpc) is 1.99. The highest BCUT2D eigenvalue weighted by atomic mass is 19.3. The van der Waals surface area contributed by atoms with Gasteiger partial charge in [-0.25, -0.2) is 8.78 Å². The van der Waals surface area contributed by atoms with Gasteiger partial charge in [-0.15, -0.1) is 0 Å². The van der Waals surface area contributed by atoms with Crippen molar-refractivity contribution < 1.29 is 18.4 Å². The van der Waals surface area contributed by atoms with E-state index < -0.39 is 36.7 Å². The summed E-state index contributed by atoms with van der Waals surface area (Å²) in [5, 5.41) is 0. The Bertz CT molecular complexity index is 273. The number of hydrogen-bond acceptors (Lipinski definition) is 3. The second-order valence-corrected chi connectivity index (χ2v) is 3.47. The van der Waals surface area contributed by atoms with Gasteiger partial charge in [0, 0.05) is 13.0 Å².